The number of nitrogens with one attached hydrogen (secondary N) is 1. The zero-order chi connectivity index (χ0) is 11.8. The number of fused-ring (bicyclic) bond motifs is 2. The summed E-state index contributed by atoms with van der Waals surface area (Å²) in [5.41, 5.74) is 0.123. The maximum atomic E-state index is 10.7. The first-order chi connectivity index (χ1) is 7.49. The molecule has 0 heterocycles. The molecule has 0 aromatic rings. The molecule has 0 aliphatic heterocycles. The fourth-order valence-corrected chi connectivity index (χ4v) is 4.18. The minimum absolute atomic E-state index is 0.117. The molecule has 2 rings (SSSR count). The van der Waals surface area contributed by atoms with Crippen molar-refractivity contribution in [2.24, 2.45) is 17.8 Å². The first-order valence-corrected chi connectivity index (χ1v) is 6.46. The van der Waals surface area contributed by atoms with Crippen molar-refractivity contribution >= 4 is 5.97 Å². The van der Waals surface area contributed by atoms with E-state index < -0.39 is 5.97 Å². The second kappa shape index (κ2) is 4.36. The van der Waals surface area contributed by atoms with Crippen LogP contribution in [0.1, 0.15) is 46.0 Å². The van der Waals surface area contributed by atoms with Crippen LogP contribution in [0.15, 0.2) is 0 Å². The van der Waals surface area contributed by atoms with E-state index in [1.807, 2.05) is 0 Å². The minimum Gasteiger partial charge on any atom is -0.480 e. The maximum absolute atomic E-state index is 10.7. The Labute approximate surface area is 97.6 Å². The Bertz CT molecular complexity index is 258. The van der Waals surface area contributed by atoms with Crippen LogP contribution in [0.2, 0.25) is 0 Å². The predicted molar refractivity (Wildman–Crippen MR) is 63.3 cm³/mol. The summed E-state index contributed by atoms with van der Waals surface area (Å²) in [6.07, 6.45) is 6.17. The first kappa shape index (κ1) is 11.9. The van der Waals surface area contributed by atoms with Crippen LogP contribution in [0.4, 0.5) is 0 Å². The van der Waals surface area contributed by atoms with E-state index in [0.717, 1.165) is 30.6 Å². The molecule has 0 amide bonds. The first-order valence-electron chi connectivity index (χ1n) is 6.46. The average molecular weight is 225 g/mol. The summed E-state index contributed by atoms with van der Waals surface area (Å²) < 4.78 is 0. The molecule has 2 unspecified atom stereocenters. The fraction of sp³-hybridized carbons (Fsp3) is 0.923. The number of carbonyl (C=O) groups is 1. The van der Waals surface area contributed by atoms with Gasteiger partial charge in [-0.15, -0.1) is 0 Å². The molecule has 2 N–H and O–H groups in total. The van der Waals surface area contributed by atoms with Crippen LogP contribution in [0.3, 0.4) is 0 Å². The Kier molecular flexibility index (Phi) is 3.24. The van der Waals surface area contributed by atoms with E-state index in [2.05, 4.69) is 19.2 Å². The SMILES string of the molecule is CC1CC2CC(C)CC(NCC(=O)O)(C1)C2. The molecule has 2 aliphatic carbocycles. The van der Waals surface area contributed by atoms with Crippen LogP contribution in [-0.4, -0.2) is 23.2 Å². The van der Waals surface area contributed by atoms with E-state index >= 15 is 0 Å². The summed E-state index contributed by atoms with van der Waals surface area (Å²) in [7, 11) is 0. The van der Waals surface area contributed by atoms with Gasteiger partial charge in [0.05, 0.1) is 6.54 Å². The smallest absolute Gasteiger partial charge is 0.317 e. The number of carboxylic acids is 1. The Hall–Kier alpha value is -0.570. The molecule has 2 aliphatic rings. The van der Waals surface area contributed by atoms with Crippen molar-refractivity contribution in [3.05, 3.63) is 0 Å². The highest BCUT2D eigenvalue weighted by Crippen LogP contribution is 2.47. The number of hydrogen-bond donors (Lipinski definition) is 2. The Morgan fingerprint density at radius 1 is 1.25 bits per heavy atom. The molecular weight excluding hydrogens is 202 g/mol. The van der Waals surface area contributed by atoms with Crippen molar-refractivity contribution in [2.45, 2.75) is 51.5 Å². The van der Waals surface area contributed by atoms with Crippen molar-refractivity contribution in [1.82, 2.24) is 5.32 Å². The van der Waals surface area contributed by atoms with Gasteiger partial charge in [0.2, 0.25) is 0 Å². The van der Waals surface area contributed by atoms with Gasteiger partial charge in [0.15, 0.2) is 0 Å². The number of aliphatic carboxylic acids is 1. The Balaban J connectivity index is 2.05. The largest absolute Gasteiger partial charge is 0.480 e. The fourth-order valence-electron chi connectivity index (χ4n) is 4.18. The van der Waals surface area contributed by atoms with Gasteiger partial charge in [0, 0.05) is 5.54 Å². The summed E-state index contributed by atoms with van der Waals surface area (Å²) in [6.45, 7) is 4.73. The van der Waals surface area contributed by atoms with Crippen molar-refractivity contribution in [3.8, 4) is 0 Å². The molecule has 2 fully saturated rings. The van der Waals surface area contributed by atoms with E-state index in [1.165, 1.54) is 19.3 Å². The van der Waals surface area contributed by atoms with E-state index in [0.29, 0.717) is 0 Å². The number of rotatable bonds is 3. The Morgan fingerprint density at radius 2 is 1.81 bits per heavy atom. The molecule has 3 heteroatoms. The maximum Gasteiger partial charge on any atom is 0.317 e. The van der Waals surface area contributed by atoms with E-state index in [1.54, 1.807) is 0 Å². The zero-order valence-corrected chi connectivity index (χ0v) is 10.3. The Morgan fingerprint density at radius 3 is 2.31 bits per heavy atom. The summed E-state index contributed by atoms with van der Waals surface area (Å²) in [5.74, 6) is 1.57. The van der Waals surface area contributed by atoms with Gasteiger partial charge in [0.1, 0.15) is 0 Å². The van der Waals surface area contributed by atoms with Crippen LogP contribution < -0.4 is 5.32 Å². The van der Waals surface area contributed by atoms with Crippen LogP contribution in [0, 0.1) is 17.8 Å². The second-order valence-electron chi connectivity index (χ2n) is 6.19. The average Bonchev–Trinajstić information content (AvgIpc) is 2.12. The molecule has 2 bridgehead atoms. The van der Waals surface area contributed by atoms with E-state index in [9.17, 15) is 4.79 Å². The van der Waals surface area contributed by atoms with Crippen molar-refractivity contribution in [3.63, 3.8) is 0 Å². The summed E-state index contributed by atoms with van der Waals surface area (Å²) in [4.78, 5) is 10.7. The van der Waals surface area contributed by atoms with Gasteiger partial charge in [-0.1, -0.05) is 13.8 Å². The van der Waals surface area contributed by atoms with Gasteiger partial charge < -0.3 is 10.4 Å². The van der Waals surface area contributed by atoms with Crippen molar-refractivity contribution in [1.29, 1.82) is 0 Å². The van der Waals surface area contributed by atoms with Gasteiger partial charge in [0.25, 0.3) is 0 Å². The number of carboxylic acid groups (broad SMARTS) is 1. The van der Waals surface area contributed by atoms with E-state index in [-0.39, 0.29) is 12.1 Å². The summed E-state index contributed by atoms with van der Waals surface area (Å²) >= 11 is 0. The van der Waals surface area contributed by atoms with Gasteiger partial charge in [-0.25, -0.2) is 0 Å². The van der Waals surface area contributed by atoms with Gasteiger partial charge in [-0.05, 0) is 49.9 Å². The molecule has 3 nitrogen and oxygen atoms in total. The van der Waals surface area contributed by atoms with Crippen LogP contribution >= 0.6 is 0 Å². The summed E-state index contributed by atoms with van der Waals surface area (Å²) in [5, 5.41) is 12.1. The third kappa shape index (κ3) is 2.57. The molecule has 0 aromatic carbocycles. The second-order valence-corrected chi connectivity index (χ2v) is 6.19. The third-order valence-electron chi connectivity index (χ3n) is 4.24. The molecule has 92 valence electrons. The van der Waals surface area contributed by atoms with Crippen LogP contribution in [0.25, 0.3) is 0 Å². The van der Waals surface area contributed by atoms with Gasteiger partial charge >= 0.3 is 5.97 Å². The quantitative estimate of drug-likeness (QED) is 0.774. The molecular formula is C13H23NO2. The number of hydrogen-bond acceptors (Lipinski definition) is 2. The topological polar surface area (TPSA) is 49.3 Å². The molecule has 0 aromatic heterocycles. The lowest BCUT2D eigenvalue weighted by atomic mass is 9.61. The molecule has 0 saturated heterocycles. The third-order valence-corrected chi connectivity index (χ3v) is 4.24. The normalized spacial score (nSPS) is 43.0. The lowest BCUT2D eigenvalue weighted by Gasteiger charge is -2.50. The molecule has 2 atom stereocenters. The standard InChI is InChI=1S/C13H23NO2/c1-9-3-11-4-10(2)6-13(5-9,7-11)14-8-12(15)16/h9-11,14H,3-8H2,1-2H3,(H,15,16). The molecule has 2 saturated carbocycles. The monoisotopic (exact) mass is 225 g/mol. The molecule has 0 radical (unpaired) electrons. The predicted octanol–water partition coefficient (Wildman–Crippen LogP) is 2.27. The van der Waals surface area contributed by atoms with Crippen molar-refractivity contribution < 1.29 is 9.90 Å². The van der Waals surface area contributed by atoms with Gasteiger partial charge in [-0.2, -0.15) is 0 Å². The van der Waals surface area contributed by atoms with E-state index in [4.69, 9.17) is 5.11 Å². The highest BCUT2D eigenvalue weighted by atomic mass is 16.4. The molecule has 16 heavy (non-hydrogen) atoms. The van der Waals surface area contributed by atoms with Crippen LogP contribution in [-0.2, 0) is 4.79 Å². The van der Waals surface area contributed by atoms with Gasteiger partial charge in [-0.3, -0.25) is 4.79 Å². The lowest BCUT2D eigenvalue weighted by Crippen LogP contribution is -2.55. The molecule has 0 spiro atoms. The van der Waals surface area contributed by atoms with Crippen molar-refractivity contribution in [2.75, 3.05) is 6.54 Å². The highest BCUT2D eigenvalue weighted by molar-refractivity contribution is 5.69. The summed E-state index contributed by atoms with van der Waals surface area (Å²) in [6, 6.07) is 0. The highest BCUT2D eigenvalue weighted by Gasteiger charge is 2.43. The minimum atomic E-state index is -0.734. The zero-order valence-electron chi connectivity index (χ0n) is 10.3. The van der Waals surface area contributed by atoms with Crippen LogP contribution in [0.5, 0.6) is 0 Å². The lowest BCUT2D eigenvalue weighted by molar-refractivity contribution is -0.136.